The number of amides is 1. The van der Waals surface area contributed by atoms with E-state index in [4.69, 9.17) is 0 Å². The van der Waals surface area contributed by atoms with Crippen LogP contribution in [0.4, 0.5) is 0 Å². The van der Waals surface area contributed by atoms with E-state index in [0.717, 1.165) is 50.8 Å². The van der Waals surface area contributed by atoms with Crippen molar-refractivity contribution in [3.63, 3.8) is 0 Å². The van der Waals surface area contributed by atoms with Crippen molar-refractivity contribution in [2.24, 2.45) is 5.41 Å². The maximum Gasteiger partial charge on any atom is 0.296 e. The summed E-state index contributed by atoms with van der Waals surface area (Å²) in [5.74, 6) is 5.54. The van der Waals surface area contributed by atoms with Crippen LogP contribution < -0.4 is 15.4 Å². The van der Waals surface area contributed by atoms with E-state index in [2.05, 4.69) is 39.3 Å². The normalized spacial score (nSPS) is 23.8. The molecule has 1 amide bonds. The zero-order valence-corrected chi connectivity index (χ0v) is 18.4. The van der Waals surface area contributed by atoms with Crippen LogP contribution in [0.1, 0.15) is 69.2 Å². The lowest BCUT2D eigenvalue weighted by Gasteiger charge is -2.40. The SMILES string of the molecule is CC(C)(C)[S@@](=O)N[C@@H]1c2cc(C#CC(=O)NC3CC3)ccc2CC12CCNCC2. The monoisotopic (exact) mass is 413 g/mol. The van der Waals surface area contributed by atoms with Crippen molar-refractivity contribution in [3.05, 3.63) is 34.9 Å². The number of nitrogens with one attached hydrogen (secondary N) is 3. The van der Waals surface area contributed by atoms with Crippen LogP contribution in [0.25, 0.3) is 0 Å². The first kappa shape index (κ1) is 20.6. The van der Waals surface area contributed by atoms with E-state index in [1.807, 2.05) is 26.8 Å². The van der Waals surface area contributed by atoms with Crippen molar-refractivity contribution in [2.45, 2.75) is 69.7 Å². The zero-order valence-electron chi connectivity index (χ0n) is 17.6. The Hall–Kier alpha value is -1.68. The Bertz CT molecular complexity index is 884. The molecule has 0 unspecified atom stereocenters. The largest absolute Gasteiger partial charge is 0.343 e. The Morgan fingerprint density at radius 3 is 2.62 bits per heavy atom. The van der Waals surface area contributed by atoms with E-state index < -0.39 is 11.0 Å². The van der Waals surface area contributed by atoms with Gasteiger partial charge in [-0.25, -0.2) is 8.93 Å². The molecular formula is C23H31N3O2S. The lowest BCUT2D eigenvalue weighted by molar-refractivity contribution is -0.115. The van der Waals surface area contributed by atoms with Crippen LogP contribution in [0, 0.1) is 17.3 Å². The number of hydrogen-bond acceptors (Lipinski definition) is 3. The lowest BCUT2D eigenvalue weighted by Crippen LogP contribution is -2.46. The minimum absolute atomic E-state index is 0.0432. The van der Waals surface area contributed by atoms with Crippen molar-refractivity contribution in [1.29, 1.82) is 0 Å². The summed E-state index contributed by atoms with van der Waals surface area (Å²) in [5, 5.41) is 6.36. The second-order valence-corrected chi connectivity index (χ2v) is 11.6. The number of rotatable bonds is 3. The van der Waals surface area contributed by atoms with E-state index in [0.29, 0.717) is 6.04 Å². The summed E-state index contributed by atoms with van der Waals surface area (Å²) in [6, 6.07) is 6.61. The molecule has 1 aromatic carbocycles. The average molecular weight is 414 g/mol. The Labute approximate surface area is 176 Å². The van der Waals surface area contributed by atoms with Gasteiger partial charge in [0.15, 0.2) is 0 Å². The van der Waals surface area contributed by atoms with Crippen LogP contribution in [0.3, 0.4) is 0 Å². The van der Waals surface area contributed by atoms with Gasteiger partial charge in [0.2, 0.25) is 0 Å². The van der Waals surface area contributed by atoms with Gasteiger partial charge in [0.25, 0.3) is 5.91 Å². The first-order chi connectivity index (χ1) is 13.8. The van der Waals surface area contributed by atoms with E-state index in [9.17, 15) is 9.00 Å². The molecule has 0 radical (unpaired) electrons. The molecule has 29 heavy (non-hydrogen) atoms. The topological polar surface area (TPSA) is 70.2 Å². The number of carbonyl (C=O) groups excluding carboxylic acids is 1. The molecule has 1 aliphatic heterocycles. The molecule has 156 valence electrons. The van der Waals surface area contributed by atoms with Gasteiger partial charge < -0.3 is 10.6 Å². The van der Waals surface area contributed by atoms with Gasteiger partial charge in [-0.1, -0.05) is 12.0 Å². The molecule has 0 bridgehead atoms. The molecule has 1 saturated heterocycles. The molecule has 6 heteroatoms. The number of piperidine rings is 1. The summed E-state index contributed by atoms with van der Waals surface area (Å²) in [6.45, 7) is 7.98. The molecule has 4 rings (SSSR count). The highest BCUT2D eigenvalue weighted by molar-refractivity contribution is 7.84. The van der Waals surface area contributed by atoms with Crippen molar-refractivity contribution >= 4 is 16.9 Å². The molecule has 2 fully saturated rings. The van der Waals surface area contributed by atoms with Crippen molar-refractivity contribution < 1.29 is 9.00 Å². The predicted octanol–water partition coefficient (Wildman–Crippen LogP) is 2.34. The first-order valence-corrected chi connectivity index (χ1v) is 11.8. The Morgan fingerprint density at radius 1 is 1.24 bits per heavy atom. The van der Waals surface area contributed by atoms with Gasteiger partial charge in [-0.2, -0.15) is 0 Å². The molecule has 3 N–H and O–H groups in total. The second kappa shape index (κ2) is 7.86. The molecule has 5 nitrogen and oxygen atoms in total. The van der Waals surface area contributed by atoms with Crippen LogP contribution in [-0.4, -0.2) is 34.0 Å². The lowest BCUT2D eigenvalue weighted by atomic mass is 9.73. The molecule has 3 aliphatic rings. The second-order valence-electron chi connectivity index (χ2n) is 9.63. The highest BCUT2D eigenvalue weighted by atomic mass is 32.2. The molecule has 1 spiro atoms. The number of benzene rings is 1. The quantitative estimate of drug-likeness (QED) is 0.666. The summed E-state index contributed by atoms with van der Waals surface area (Å²) in [5.41, 5.74) is 3.43. The average Bonchev–Trinajstić information content (AvgIpc) is 3.44. The van der Waals surface area contributed by atoms with Gasteiger partial charge in [0, 0.05) is 17.5 Å². The van der Waals surface area contributed by atoms with E-state index in [1.165, 1.54) is 11.1 Å². The van der Waals surface area contributed by atoms with Gasteiger partial charge in [-0.3, -0.25) is 4.79 Å². The zero-order chi connectivity index (χ0) is 20.6. The third-order valence-electron chi connectivity index (χ3n) is 6.23. The fourth-order valence-corrected chi connectivity index (χ4v) is 5.30. The number of carbonyl (C=O) groups is 1. The van der Waals surface area contributed by atoms with E-state index in [1.54, 1.807) is 0 Å². The van der Waals surface area contributed by atoms with E-state index >= 15 is 0 Å². The van der Waals surface area contributed by atoms with Crippen LogP contribution in [0.15, 0.2) is 18.2 Å². The third kappa shape index (κ3) is 4.58. The maximum atomic E-state index is 13.0. The van der Waals surface area contributed by atoms with Crippen LogP contribution in [-0.2, 0) is 22.2 Å². The summed E-state index contributed by atoms with van der Waals surface area (Å²) in [7, 11) is -1.15. The fourth-order valence-electron chi connectivity index (χ4n) is 4.35. The predicted molar refractivity (Wildman–Crippen MR) is 116 cm³/mol. The minimum Gasteiger partial charge on any atom is -0.343 e. The minimum atomic E-state index is -1.15. The van der Waals surface area contributed by atoms with Gasteiger partial charge >= 0.3 is 0 Å². The van der Waals surface area contributed by atoms with E-state index in [-0.39, 0.29) is 22.1 Å². The Balaban J connectivity index is 1.62. The first-order valence-electron chi connectivity index (χ1n) is 10.6. The fraction of sp³-hybridized carbons (Fsp3) is 0.609. The third-order valence-corrected chi connectivity index (χ3v) is 7.79. The molecule has 1 aromatic rings. The van der Waals surface area contributed by atoms with Gasteiger partial charge in [0.1, 0.15) is 0 Å². The molecule has 2 atom stereocenters. The number of fused-ring (bicyclic) bond motifs is 1. The molecule has 2 aliphatic carbocycles. The van der Waals surface area contributed by atoms with Crippen molar-refractivity contribution in [1.82, 2.24) is 15.4 Å². The Morgan fingerprint density at radius 2 is 1.97 bits per heavy atom. The van der Waals surface area contributed by atoms with Crippen LogP contribution >= 0.6 is 0 Å². The van der Waals surface area contributed by atoms with Gasteiger partial charge in [-0.15, -0.1) is 0 Å². The molecule has 1 saturated carbocycles. The standard InChI is InChI=1S/C23H31N3O2S/c1-22(2,3)29(28)26-21-19-14-16(5-9-20(27)25-18-7-8-18)4-6-17(19)15-23(21)10-12-24-13-11-23/h4,6,14,18,21,24,26H,7-8,10-13,15H2,1-3H3,(H,25,27)/t21-,29-/m1/s1. The van der Waals surface area contributed by atoms with Crippen molar-refractivity contribution in [3.8, 4) is 11.8 Å². The maximum absolute atomic E-state index is 13.0. The summed E-state index contributed by atoms with van der Waals surface area (Å²) in [6.07, 6.45) is 5.23. The summed E-state index contributed by atoms with van der Waals surface area (Å²) in [4.78, 5) is 11.9. The molecular weight excluding hydrogens is 382 g/mol. The molecule has 0 aromatic heterocycles. The summed E-state index contributed by atoms with van der Waals surface area (Å²) < 4.78 is 16.1. The Kier molecular flexibility index (Phi) is 5.58. The number of hydrogen-bond donors (Lipinski definition) is 3. The summed E-state index contributed by atoms with van der Waals surface area (Å²) >= 11 is 0. The van der Waals surface area contributed by atoms with Crippen molar-refractivity contribution in [2.75, 3.05) is 13.1 Å². The van der Waals surface area contributed by atoms with Gasteiger partial charge in [0.05, 0.1) is 21.8 Å². The van der Waals surface area contributed by atoms with Crippen LogP contribution in [0.5, 0.6) is 0 Å². The smallest absolute Gasteiger partial charge is 0.296 e. The van der Waals surface area contributed by atoms with Crippen LogP contribution in [0.2, 0.25) is 0 Å². The molecule has 1 heterocycles. The highest BCUT2D eigenvalue weighted by Gasteiger charge is 2.47. The highest BCUT2D eigenvalue weighted by Crippen LogP contribution is 2.51. The van der Waals surface area contributed by atoms with Gasteiger partial charge in [-0.05, 0) is 94.6 Å².